The Balaban J connectivity index is 2.63. The minimum atomic E-state index is -0.161. The number of anilines is 1. The minimum Gasteiger partial charge on any atom is -0.396 e. The molecule has 0 bridgehead atoms. The van der Waals surface area contributed by atoms with Crippen LogP contribution in [-0.2, 0) is 0 Å². The number of nitrogens with one attached hydrogen (secondary N) is 1. The number of hydrazine groups is 1. The molecule has 106 valence electrons. The number of aromatic nitrogens is 2. The van der Waals surface area contributed by atoms with Crippen LogP contribution >= 0.6 is 0 Å². The highest BCUT2D eigenvalue weighted by atomic mass is 16.2. The molecule has 0 atom stereocenters. The Bertz CT molecular complexity index is 425. The van der Waals surface area contributed by atoms with Gasteiger partial charge in [0, 0.05) is 25.9 Å². The Morgan fingerprint density at radius 1 is 1.42 bits per heavy atom. The van der Waals surface area contributed by atoms with E-state index in [9.17, 15) is 4.79 Å². The number of hydrogen-bond acceptors (Lipinski definition) is 6. The van der Waals surface area contributed by atoms with Crippen LogP contribution in [0.3, 0.4) is 0 Å². The molecular weight excluding hydrogens is 246 g/mol. The molecule has 1 rings (SSSR count). The van der Waals surface area contributed by atoms with E-state index in [1.165, 1.54) is 0 Å². The molecule has 0 radical (unpaired) electrons. The first-order valence-corrected chi connectivity index (χ1v) is 6.27. The molecule has 19 heavy (non-hydrogen) atoms. The number of nitrogens with zero attached hydrogens (tertiary/aromatic N) is 3. The van der Waals surface area contributed by atoms with E-state index in [0.29, 0.717) is 17.9 Å². The fourth-order valence-electron chi connectivity index (χ4n) is 1.68. The minimum absolute atomic E-state index is 0.161. The summed E-state index contributed by atoms with van der Waals surface area (Å²) >= 11 is 0. The molecule has 1 aromatic heterocycles. The molecule has 1 aromatic rings. The van der Waals surface area contributed by atoms with E-state index in [1.54, 1.807) is 24.9 Å². The highest BCUT2D eigenvalue weighted by molar-refractivity contribution is 5.92. The molecule has 7 heteroatoms. The van der Waals surface area contributed by atoms with E-state index in [0.717, 1.165) is 19.3 Å². The topological polar surface area (TPSA) is 104 Å². The molecule has 1 heterocycles. The van der Waals surface area contributed by atoms with Crippen LogP contribution in [0.2, 0.25) is 0 Å². The molecule has 0 spiro atoms. The van der Waals surface area contributed by atoms with Crippen molar-refractivity contribution in [2.24, 2.45) is 5.84 Å². The van der Waals surface area contributed by atoms with Gasteiger partial charge in [-0.25, -0.2) is 15.8 Å². The molecule has 0 saturated carbocycles. The summed E-state index contributed by atoms with van der Waals surface area (Å²) in [6, 6.07) is 1.63. The fraction of sp³-hybridized carbons (Fsp3) is 0.583. The summed E-state index contributed by atoms with van der Waals surface area (Å²) in [6.45, 7) is 2.60. The van der Waals surface area contributed by atoms with Gasteiger partial charge in [0.15, 0.2) is 0 Å². The normalized spacial score (nSPS) is 10.3. The molecule has 0 aliphatic heterocycles. The largest absolute Gasteiger partial charge is 0.396 e. The van der Waals surface area contributed by atoms with Crippen molar-refractivity contribution in [1.82, 2.24) is 14.9 Å². The van der Waals surface area contributed by atoms with Crippen molar-refractivity contribution in [2.45, 2.75) is 26.2 Å². The van der Waals surface area contributed by atoms with Gasteiger partial charge in [0.2, 0.25) is 5.95 Å². The van der Waals surface area contributed by atoms with Gasteiger partial charge in [0.25, 0.3) is 5.91 Å². The van der Waals surface area contributed by atoms with Gasteiger partial charge >= 0.3 is 0 Å². The van der Waals surface area contributed by atoms with Crippen molar-refractivity contribution in [3.8, 4) is 0 Å². The van der Waals surface area contributed by atoms with Crippen molar-refractivity contribution in [3.05, 3.63) is 17.5 Å². The lowest BCUT2D eigenvalue weighted by atomic mass is 10.2. The summed E-state index contributed by atoms with van der Waals surface area (Å²) in [5, 5.41) is 8.69. The second-order valence-corrected chi connectivity index (χ2v) is 4.37. The Morgan fingerprint density at radius 3 is 2.79 bits per heavy atom. The van der Waals surface area contributed by atoms with Gasteiger partial charge < -0.3 is 10.0 Å². The van der Waals surface area contributed by atoms with Crippen molar-refractivity contribution in [3.63, 3.8) is 0 Å². The number of carbonyl (C=O) groups excluding carboxylic acids is 1. The van der Waals surface area contributed by atoms with Crippen LogP contribution in [0.15, 0.2) is 6.07 Å². The third-order valence-electron chi connectivity index (χ3n) is 2.70. The number of aliphatic hydroxyl groups is 1. The van der Waals surface area contributed by atoms with Crippen LogP contribution in [-0.4, -0.2) is 46.1 Å². The van der Waals surface area contributed by atoms with Gasteiger partial charge in [0.1, 0.15) is 5.69 Å². The van der Waals surface area contributed by atoms with E-state index in [4.69, 9.17) is 10.9 Å². The lowest BCUT2D eigenvalue weighted by Crippen LogP contribution is -2.29. The maximum absolute atomic E-state index is 12.1. The van der Waals surface area contributed by atoms with E-state index < -0.39 is 0 Å². The predicted molar refractivity (Wildman–Crippen MR) is 72.5 cm³/mol. The average molecular weight is 267 g/mol. The number of aryl methyl sites for hydroxylation is 1. The molecular formula is C12H21N5O2. The van der Waals surface area contributed by atoms with Crippen molar-refractivity contribution in [1.29, 1.82) is 0 Å². The Morgan fingerprint density at radius 2 is 2.16 bits per heavy atom. The maximum Gasteiger partial charge on any atom is 0.272 e. The van der Waals surface area contributed by atoms with Gasteiger partial charge in [-0.15, -0.1) is 0 Å². The second-order valence-electron chi connectivity index (χ2n) is 4.37. The molecule has 7 nitrogen and oxygen atoms in total. The van der Waals surface area contributed by atoms with Crippen LogP contribution in [0.5, 0.6) is 0 Å². The number of rotatable bonds is 7. The summed E-state index contributed by atoms with van der Waals surface area (Å²) in [5.74, 6) is 5.33. The van der Waals surface area contributed by atoms with Crippen molar-refractivity contribution < 1.29 is 9.90 Å². The zero-order chi connectivity index (χ0) is 14.3. The molecule has 0 saturated heterocycles. The second kappa shape index (κ2) is 7.65. The van der Waals surface area contributed by atoms with Gasteiger partial charge in [0.05, 0.1) is 0 Å². The molecule has 1 amide bonds. The number of aliphatic hydroxyl groups excluding tert-OH is 1. The van der Waals surface area contributed by atoms with E-state index in [2.05, 4.69) is 15.4 Å². The summed E-state index contributed by atoms with van der Waals surface area (Å²) in [5.41, 5.74) is 3.35. The van der Waals surface area contributed by atoms with E-state index >= 15 is 0 Å². The smallest absolute Gasteiger partial charge is 0.272 e. The number of unbranched alkanes of at least 4 members (excludes halogenated alkanes) is 2. The summed E-state index contributed by atoms with van der Waals surface area (Å²) in [7, 11) is 1.73. The van der Waals surface area contributed by atoms with Crippen LogP contribution < -0.4 is 11.3 Å². The monoisotopic (exact) mass is 267 g/mol. The number of carbonyl (C=O) groups is 1. The Labute approximate surface area is 112 Å². The summed E-state index contributed by atoms with van der Waals surface area (Å²) in [4.78, 5) is 21.8. The molecule has 0 aliphatic rings. The highest BCUT2D eigenvalue weighted by Crippen LogP contribution is 2.07. The zero-order valence-electron chi connectivity index (χ0n) is 11.4. The summed E-state index contributed by atoms with van der Waals surface area (Å²) in [6.07, 6.45) is 2.51. The number of hydrogen-bond donors (Lipinski definition) is 3. The van der Waals surface area contributed by atoms with Crippen LogP contribution in [0, 0.1) is 6.92 Å². The average Bonchev–Trinajstić information content (AvgIpc) is 2.41. The third-order valence-corrected chi connectivity index (χ3v) is 2.70. The van der Waals surface area contributed by atoms with Crippen molar-refractivity contribution >= 4 is 11.9 Å². The molecule has 4 N–H and O–H groups in total. The number of nitrogens with two attached hydrogens (primary N) is 1. The number of nitrogen functional groups attached to an aromatic ring is 1. The van der Waals surface area contributed by atoms with Crippen LogP contribution in [0.4, 0.5) is 5.95 Å². The lowest BCUT2D eigenvalue weighted by Gasteiger charge is -2.17. The summed E-state index contributed by atoms with van der Waals surface area (Å²) < 4.78 is 0. The quantitative estimate of drug-likeness (QED) is 0.373. The van der Waals surface area contributed by atoms with Crippen LogP contribution in [0.1, 0.15) is 35.4 Å². The lowest BCUT2D eigenvalue weighted by molar-refractivity contribution is 0.0786. The van der Waals surface area contributed by atoms with Gasteiger partial charge in [-0.1, -0.05) is 0 Å². The van der Waals surface area contributed by atoms with E-state index in [-0.39, 0.29) is 18.5 Å². The van der Waals surface area contributed by atoms with Crippen molar-refractivity contribution in [2.75, 3.05) is 25.6 Å². The first-order chi connectivity index (χ1) is 9.08. The first kappa shape index (κ1) is 15.3. The Hall–Kier alpha value is -1.73. The zero-order valence-corrected chi connectivity index (χ0v) is 11.4. The Kier molecular flexibility index (Phi) is 6.17. The third kappa shape index (κ3) is 4.80. The predicted octanol–water partition coefficient (Wildman–Crippen LogP) is 0.305. The maximum atomic E-state index is 12.1. The van der Waals surface area contributed by atoms with E-state index in [1.807, 2.05) is 0 Å². The van der Waals surface area contributed by atoms with Gasteiger partial charge in [-0.3, -0.25) is 10.2 Å². The standard InChI is InChI=1S/C12H21N5O2/c1-9-8-10(15-12(14-9)16-13)11(19)17(2)6-4-3-5-7-18/h8,18H,3-7,13H2,1-2H3,(H,14,15,16). The fourth-order valence-corrected chi connectivity index (χ4v) is 1.68. The highest BCUT2D eigenvalue weighted by Gasteiger charge is 2.14. The number of amides is 1. The van der Waals surface area contributed by atoms with Gasteiger partial charge in [-0.2, -0.15) is 0 Å². The first-order valence-electron chi connectivity index (χ1n) is 6.27. The van der Waals surface area contributed by atoms with Gasteiger partial charge in [-0.05, 0) is 32.3 Å². The SMILES string of the molecule is Cc1cc(C(=O)N(C)CCCCCO)nc(NN)n1. The molecule has 0 aromatic carbocycles. The van der Waals surface area contributed by atoms with Crippen LogP contribution in [0.25, 0.3) is 0 Å². The molecule has 0 unspecified atom stereocenters. The molecule has 0 fully saturated rings. The molecule has 0 aliphatic carbocycles.